The van der Waals surface area contributed by atoms with E-state index in [4.69, 9.17) is 10.00 Å². The number of carbonyl (C=O) groups is 1. The molecule has 3 heteroatoms. The number of aryl methyl sites for hydroxylation is 1. The molecule has 0 bridgehead atoms. The molecule has 0 aliphatic carbocycles. The third-order valence-electron chi connectivity index (χ3n) is 2.51. The van der Waals surface area contributed by atoms with Gasteiger partial charge in [-0.3, -0.25) is 0 Å². The van der Waals surface area contributed by atoms with Crippen LogP contribution in [0, 0.1) is 18.3 Å². The molecule has 0 radical (unpaired) electrons. The molecule has 0 fully saturated rings. The molecule has 0 spiro atoms. The van der Waals surface area contributed by atoms with Gasteiger partial charge in [-0.25, -0.2) is 4.79 Å². The predicted molar refractivity (Wildman–Crippen MR) is 61.2 cm³/mol. The predicted octanol–water partition coefficient (Wildman–Crippen LogP) is 2.61. The molecule has 0 aliphatic rings. The van der Waals surface area contributed by atoms with Crippen LogP contribution in [0.5, 0.6) is 0 Å². The number of ether oxygens (including phenoxy) is 1. The Kier molecular flexibility index (Phi) is 4.07. The van der Waals surface area contributed by atoms with E-state index in [9.17, 15) is 4.79 Å². The lowest BCUT2D eigenvalue weighted by molar-refractivity contribution is 0.0526. The smallest absolute Gasteiger partial charge is 0.339 e. The van der Waals surface area contributed by atoms with Crippen molar-refractivity contribution in [3.8, 4) is 6.07 Å². The van der Waals surface area contributed by atoms with E-state index in [-0.39, 0.29) is 0 Å². The molecular weight excluding hydrogens is 202 g/mol. The van der Waals surface area contributed by atoms with Crippen LogP contribution in [0.1, 0.15) is 40.9 Å². The summed E-state index contributed by atoms with van der Waals surface area (Å²) < 4.78 is 4.92. The van der Waals surface area contributed by atoms with Gasteiger partial charge in [0, 0.05) is 0 Å². The second-order valence-electron chi connectivity index (χ2n) is 3.47. The third-order valence-corrected chi connectivity index (χ3v) is 2.51. The van der Waals surface area contributed by atoms with Gasteiger partial charge >= 0.3 is 5.97 Å². The first kappa shape index (κ1) is 12.3. The fourth-order valence-corrected chi connectivity index (χ4v) is 1.71. The topological polar surface area (TPSA) is 50.1 Å². The Balaban J connectivity index is 3.31. The van der Waals surface area contributed by atoms with E-state index >= 15 is 0 Å². The SMILES string of the molecule is CCOC(=O)c1ccc(C)c(CC)c1C#N. The van der Waals surface area contributed by atoms with E-state index in [0.717, 1.165) is 17.5 Å². The van der Waals surface area contributed by atoms with Crippen molar-refractivity contribution in [1.82, 2.24) is 0 Å². The molecule has 84 valence electrons. The van der Waals surface area contributed by atoms with Crippen molar-refractivity contribution < 1.29 is 9.53 Å². The Labute approximate surface area is 95.7 Å². The van der Waals surface area contributed by atoms with Crippen LogP contribution in [0.3, 0.4) is 0 Å². The van der Waals surface area contributed by atoms with Crippen LogP contribution in [-0.4, -0.2) is 12.6 Å². The molecule has 0 aliphatic heterocycles. The first-order chi connectivity index (χ1) is 7.65. The highest BCUT2D eigenvalue weighted by Crippen LogP contribution is 2.19. The minimum absolute atomic E-state index is 0.318. The molecule has 0 heterocycles. The van der Waals surface area contributed by atoms with E-state index < -0.39 is 5.97 Å². The van der Waals surface area contributed by atoms with Crippen molar-refractivity contribution in [1.29, 1.82) is 5.26 Å². The van der Waals surface area contributed by atoms with E-state index in [1.165, 1.54) is 0 Å². The standard InChI is InChI=1S/C13H15NO2/c1-4-10-9(3)6-7-11(12(10)8-14)13(15)16-5-2/h6-7H,4-5H2,1-3H3. The van der Waals surface area contributed by atoms with E-state index in [0.29, 0.717) is 17.7 Å². The largest absolute Gasteiger partial charge is 0.462 e. The van der Waals surface area contributed by atoms with Crippen molar-refractivity contribution in [3.05, 3.63) is 34.4 Å². The van der Waals surface area contributed by atoms with Gasteiger partial charge in [-0.15, -0.1) is 0 Å². The maximum absolute atomic E-state index is 11.6. The molecule has 0 atom stereocenters. The Hall–Kier alpha value is -1.82. The number of hydrogen-bond acceptors (Lipinski definition) is 3. The molecule has 0 N–H and O–H groups in total. The number of nitrogens with zero attached hydrogens (tertiary/aromatic N) is 1. The first-order valence-electron chi connectivity index (χ1n) is 5.35. The molecule has 0 saturated heterocycles. The Morgan fingerprint density at radius 3 is 2.62 bits per heavy atom. The average molecular weight is 217 g/mol. The summed E-state index contributed by atoms with van der Waals surface area (Å²) in [5, 5.41) is 9.11. The van der Waals surface area contributed by atoms with Crippen LogP contribution in [0.25, 0.3) is 0 Å². The lowest BCUT2D eigenvalue weighted by atomic mass is 9.95. The molecule has 1 aromatic carbocycles. The van der Waals surface area contributed by atoms with E-state index in [1.54, 1.807) is 13.0 Å². The second kappa shape index (κ2) is 5.32. The minimum Gasteiger partial charge on any atom is -0.462 e. The summed E-state index contributed by atoms with van der Waals surface area (Å²) in [7, 11) is 0. The molecule has 1 rings (SSSR count). The number of esters is 1. The lowest BCUT2D eigenvalue weighted by Crippen LogP contribution is -2.09. The van der Waals surface area contributed by atoms with Crippen molar-refractivity contribution in [2.24, 2.45) is 0 Å². The van der Waals surface area contributed by atoms with Gasteiger partial charge in [-0.1, -0.05) is 13.0 Å². The van der Waals surface area contributed by atoms with E-state index in [1.807, 2.05) is 19.9 Å². The van der Waals surface area contributed by atoms with Gasteiger partial charge in [0.05, 0.1) is 17.7 Å². The number of nitriles is 1. The minimum atomic E-state index is -0.422. The van der Waals surface area contributed by atoms with Gasteiger partial charge in [0.1, 0.15) is 6.07 Å². The molecule has 16 heavy (non-hydrogen) atoms. The Morgan fingerprint density at radius 1 is 1.44 bits per heavy atom. The van der Waals surface area contributed by atoms with E-state index in [2.05, 4.69) is 6.07 Å². The third kappa shape index (κ3) is 2.22. The summed E-state index contributed by atoms with van der Waals surface area (Å²) in [5.41, 5.74) is 2.77. The summed E-state index contributed by atoms with van der Waals surface area (Å²) in [4.78, 5) is 11.6. The van der Waals surface area contributed by atoms with Gasteiger partial charge in [-0.2, -0.15) is 5.26 Å². The maximum atomic E-state index is 11.6. The monoisotopic (exact) mass is 217 g/mol. The van der Waals surface area contributed by atoms with Gasteiger partial charge in [0.15, 0.2) is 0 Å². The summed E-state index contributed by atoms with van der Waals surface area (Å²) in [5.74, 6) is -0.422. The molecule has 0 unspecified atom stereocenters. The Bertz CT molecular complexity index is 444. The van der Waals surface area contributed by atoms with Gasteiger partial charge < -0.3 is 4.74 Å². The summed E-state index contributed by atoms with van der Waals surface area (Å²) in [6, 6.07) is 5.61. The summed E-state index contributed by atoms with van der Waals surface area (Å²) in [6.07, 6.45) is 0.738. The van der Waals surface area contributed by atoms with Crippen molar-refractivity contribution in [2.75, 3.05) is 6.61 Å². The van der Waals surface area contributed by atoms with Gasteiger partial charge in [-0.05, 0) is 37.5 Å². The highest BCUT2D eigenvalue weighted by Gasteiger charge is 2.16. The fraction of sp³-hybridized carbons (Fsp3) is 0.385. The zero-order chi connectivity index (χ0) is 12.1. The normalized spacial score (nSPS) is 9.62. The number of carbonyl (C=O) groups excluding carboxylic acids is 1. The molecular formula is C13H15NO2. The zero-order valence-corrected chi connectivity index (χ0v) is 9.83. The van der Waals surface area contributed by atoms with Crippen LogP contribution >= 0.6 is 0 Å². The van der Waals surface area contributed by atoms with Crippen LogP contribution < -0.4 is 0 Å². The van der Waals surface area contributed by atoms with Crippen molar-refractivity contribution >= 4 is 5.97 Å². The maximum Gasteiger partial charge on any atom is 0.339 e. The number of hydrogen-bond donors (Lipinski definition) is 0. The highest BCUT2D eigenvalue weighted by molar-refractivity contribution is 5.92. The van der Waals surface area contributed by atoms with Gasteiger partial charge in [0.2, 0.25) is 0 Å². The highest BCUT2D eigenvalue weighted by atomic mass is 16.5. The molecule has 0 aromatic heterocycles. The second-order valence-corrected chi connectivity index (χ2v) is 3.47. The molecule has 1 aromatic rings. The average Bonchev–Trinajstić information content (AvgIpc) is 2.28. The quantitative estimate of drug-likeness (QED) is 0.731. The summed E-state index contributed by atoms with van der Waals surface area (Å²) in [6.45, 7) is 5.98. The number of benzene rings is 1. The van der Waals surface area contributed by atoms with Crippen molar-refractivity contribution in [3.63, 3.8) is 0 Å². The molecule has 0 saturated carbocycles. The van der Waals surface area contributed by atoms with Crippen LogP contribution in [0.2, 0.25) is 0 Å². The number of rotatable bonds is 3. The molecule has 0 amide bonds. The van der Waals surface area contributed by atoms with Crippen LogP contribution in [0.4, 0.5) is 0 Å². The Morgan fingerprint density at radius 2 is 2.12 bits per heavy atom. The van der Waals surface area contributed by atoms with Crippen molar-refractivity contribution in [2.45, 2.75) is 27.2 Å². The molecule has 3 nitrogen and oxygen atoms in total. The first-order valence-corrected chi connectivity index (χ1v) is 5.35. The van der Waals surface area contributed by atoms with Crippen LogP contribution in [0.15, 0.2) is 12.1 Å². The fourth-order valence-electron chi connectivity index (χ4n) is 1.71. The van der Waals surface area contributed by atoms with Gasteiger partial charge in [0.25, 0.3) is 0 Å². The van der Waals surface area contributed by atoms with Crippen LogP contribution in [-0.2, 0) is 11.2 Å². The lowest BCUT2D eigenvalue weighted by Gasteiger charge is -2.10. The summed E-state index contributed by atoms with van der Waals surface area (Å²) >= 11 is 0. The zero-order valence-electron chi connectivity index (χ0n) is 9.83.